The minimum absolute atomic E-state index is 0.529. The van der Waals surface area contributed by atoms with Gasteiger partial charge in [0.15, 0.2) is 0 Å². The first-order chi connectivity index (χ1) is 8.69. The van der Waals surface area contributed by atoms with Crippen molar-refractivity contribution < 1.29 is 4.21 Å². The van der Waals surface area contributed by atoms with Crippen molar-refractivity contribution in [3.8, 4) is 0 Å². The SMILES string of the molecule is NCc1ccc(CS(=O)c2cccc(Br)c2)cc1. The van der Waals surface area contributed by atoms with Gasteiger partial charge in [0, 0.05) is 15.9 Å². The van der Waals surface area contributed by atoms with Gasteiger partial charge in [0.2, 0.25) is 0 Å². The highest BCUT2D eigenvalue weighted by Crippen LogP contribution is 2.17. The van der Waals surface area contributed by atoms with Crippen molar-refractivity contribution in [3.63, 3.8) is 0 Å². The molecular formula is C14H14BrNOS. The predicted molar refractivity (Wildman–Crippen MR) is 78.6 cm³/mol. The number of nitrogens with two attached hydrogens (primary N) is 1. The van der Waals surface area contributed by atoms with Crippen LogP contribution in [0.5, 0.6) is 0 Å². The molecule has 0 fully saturated rings. The molecule has 2 rings (SSSR count). The topological polar surface area (TPSA) is 43.1 Å². The largest absolute Gasteiger partial charge is 0.326 e. The van der Waals surface area contributed by atoms with Crippen molar-refractivity contribution in [2.75, 3.05) is 0 Å². The minimum atomic E-state index is -1.01. The van der Waals surface area contributed by atoms with Crippen LogP contribution in [0.15, 0.2) is 57.9 Å². The molecule has 0 radical (unpaired) electrons. The highest BCUT2D eigenvalue weighted by Gasteiger charge is 2.05. The maximum Gasteiger partial charge on any atom is 0.0574 e. The fourth-order valence-electron chi connectivity index (χ4n) is 1.61. The van der Waals surface area contributed by atoms with Crippen LogP contribution in [0.4, 0.5) is 0 Å². The van der Waals surface area contributed by atoms with Gasteiger partial charge in [-0.3, -0.25) is 4.21 Å². The fraction of sp³-hybridized carbons (Fsp3) is 0.143. The number of hydrogen-bond donors (Lipinski definition) is 1. The Morgan fingerprint density at radius 1 is 1.06 bits per heavy atom. The predicted octanol–water partition coefficient (Wildman–Crippen LogP) is 3.22. The standard InChI is InChI=1S/C14H14BrNOS/c15-13-2-1-3-14(8-13)18(17)10-12-6-4-11(9-16)5-7-12/h1-8H,9-10,16H2. The molecule has 0 aromatic heterocycles. The van der Waals surface area contributed by atoms with E-state index in [-0.39, 0.29) is 0 Å². The molecule has 0 spiro atoms. The molecule has 0 bridgehead atoms. The lowest BCUT2D eigenvalue weighted by Gasteiger charge is -2.04. The molecule has 2 nitrogen and oxygen atoms in total. The van der Waals surface area contributed by atoms with Gasteiger partial charge < -0.3 is 5.73 Å². The third kappa shape index (κ3) is 3.51. The Morgan fingerprint density at radius 3 is 2.33 bits per heavy atom. The van der Waals surface area contributed by atoms with Crippen LogP contribution in [0.3, 0.4) is 0 Å². The van der Waals surface area contributed by atoms with E-state index >= 15 is 0 Å². The van der Waals surface area contributed by atoms with Gasteiger partial charge >= 0.3 is 0 Å². The molecule has 0 aliphatic heterocycles. The molecule has 2 aromatic rings. The van der Waals surface area contributed by atoms with E-state index in [0.29, 0.717) is 12.3 Å². The van der Waals surface area contributed by atoms with Gasteiger partial charge in [-0.1, -0.05) is 46.3 Å². The van der Waals surface area contributed by atoms with Crippen molar-refractivity contribution in [2.24, 2.45) is 5.73 Å². The fourth-order valence-corrected chi connectivity index (χ4v) is 3.32. The van der Waals surface area contributed by atoms with Gasteiger partial charge in [-0.15, -0.1) is 0 Å². The highest BCUT2D eigenvalue weighted by atomic mass is 79.9. The second-order valence-electron chi connectivity index (χ2n) is 3.97. The Morgan fingerprint density at radius 2 is 1.72 bits per heavy atom. The Labute approximate surface area is 118 Å². The second-order valence-corrected chi connectivity index (χ2v) is 6.33. The van der Waals surface area contributed by atoms with Gasteiger partial charge in [0.1, 0.15) is 0 Å². The molecule has 0 amide bonds. The Hall–Kier alpha value is -0.970. The molecule has 0 aliphatic rings. The van der Waals surface area contributed by atoms with Crippen LogP contribution < -0.4 is 5.73 Å². The van der Waals surface area contributed by atoms with Gasteiger partial charge in [0.05, 0.1) is 16.6 Å². The first-order valence-electron chi connectivity index (χ1n) is 5.61. The van der Waals surface area contributed by atoms with Gasteiger partial charge in [-0.25, -0.2) is 0 Å². The first kappa shape index (κ1) is 13.5. The first-order valence-corrected chi connectivity index (χ1v) is 7.72. The summed E-state index contributed by atoms with van der Waals surface area (Å²) >= 11 is 3.39. The summed E-state index contributed by atoms with van der Waals surface area (Å²) in [6.07, 6.45) is 0. The Kier molecular flexibility index (Phi) is 4.69. The molecule has 94 valence electrons. The van der Waals surface area contributed by atoms with Crippen LogP contribution >= 0.6 is 15.9 Å². The quantitative estimate of drug-likeness (QED) is 0.938. The number of halogens is 1. The monoisotopic (exact) mass is 323 g/mol. The molecule has 1 unspecified atom stereocenters. The average Bonchev–Trinajstić information content (AvgIpc) is 2.39. The highest BCUT2D eigenvalue weighted by molar-refractivity contribution is 9.10. The zero-order valence-electron chi connectivity index (χ0n) is 9.80. The van der Waals surface area contributed by atoms with E-state index in [2.05, 4.69) is 15.9 Å². The third-order valence-corrected chi connectivity index (χ3v) is 4.48. The lowest BCUT2D eigenvalue weighted by molar-refractivity contribution is 0.682. The van der Waals surface area contributed by atoms with Crippen LogP contribution in [0.1, 0.15) is 11.1 Å². The van der Waals surface area contributed by atoms with Crippen molar-refractivity contribution in [1.29, 1.82) is 0 Å². The smallest absolute Gasteiger partial charge is 0.0574 e. The summed E-state index contributed by atoms with van der Waals surface area (Å²) in [5.74, 6) is 0.529. The molecule has 1 atom stereocenters. The number of hydrogen-bond acceptors (Lipinski definition) is 2. The van der Waals surface area contributed by atoms with E-state index < -0.39 is 10.8 Å². The lowest BCUT2D eigenvalue weighted by Crippen LogP contribution is -1.99. The molecule has 0 saturated carbocycles. The van der Waals surface area contributed by atoms with Gasteiger partial charge in [-0.2, -0.15) is 0 Å². The number of rotatable bonds is 4. The van der Waals surface area contributed by atoms with Crippen LogP contribution in [-0.2, 0) is 23.1 Å². The Balaban J connectivity index is 2.11. The van der Waals surface area contributed by atoms with Crippen LogP contribution in [0, 0.1) is 0 Å². The van der Waals surface area contributed by atoms with Gasteiger partial charge in [-0.05, 0) is 29.3 Å². The molecule has 2 N–H and O–H groups in total. The van der Waals surface area contributed by atoms with E-state index in [0.717, 1.165) is 20.5 Å². The Bertz CT molecular complexity index is 554. The summed E-state index contributed by atoms with van der Waals surface area (Å²) in [5.41, 5.74) is 7.69. The molecule has 0 heterocycles. The molecule has 0 aliphatic carbocycles. The van der Waals surface area contributed by atoms with Crippen molar-refractivity contribution in [2.45, 2.75) is 17.2 Å². The van der Waals surface area contributed by atoms with E-state index in [1.165, 1.54) is 0 Å². The van der Waals surface area contributed by atoms with Crippen LogP contribution in [-0.4, -0.2) is 4.21 Å². The maximum absolute atomic E-state index is 12.2. The van der Waals surface area contributed by atoms with E-state index in [9.17, 15) is 4.21 Å². The third-order valence-electron chi connectivity index (χ3n) is 2.62. The zero-order valence-corrected chi connectivity index (χ0v) is 12.2. The van der Waals surface area contributed by atoms with Crippen LogP contribution in [0.25, 0.3) is 0 Å². The molecule has 4 heteroatoms. The van der Waals surface area contributed by atoms with Crippen molar-refractivity contribution in [1.82, 2.24) is 0 Å². The molecule has 2 aromatic carbocycles. The van der Waals surface area contributed by atoms with Gasteiger partial charge in [0.25, 0.3) is 0 Å². The summed E-state index contributed by atoms with van der Waals surface area (Å²) in [6, 6.07) is 15.5. The maximum atomic E-state index is 12.2. The van der Waals surface area contributed by atoms with Crippen molar-refractivity contribution in [3.05, 3.63) is 64.1 Å². The lowest BCUT2D eigenvalue weighted by atomic mass is 10.1. The van der Waals surface area contributed by atoms with Crippen molar-refractivity contribution >= 4 is 26.7 Å². The summed E-state index contributed by atoms with van der Waals surface area (Å²) in [5, 5.41) is 0. The summed E-state index contributed by atoms with van der Waals surface area (Å²) < 4.78 is 13.1. The normalized spacial score (nSPS) is 12.3. The molecule has 0 saturated heterocycles. The van der Waals surface area contributed by atoms with Crippen LogP contribution in [0.2, 0.25) is 0 Å². The second kappa shape index (κ2) is 6.27. The zero-order chi connectivity index (χ0) is 13.0. The van der Waals surface area contributed by atoms with E-state index in [4.69, 9.17) is 5.73 Å². The summed E-state index contributed by atoms with van der Waals surface area (Å²) in [6.45, 7) is 0.537. The minimum Gasteiger partial charge on any atom is -0.326 e. The van der Waals surface area contributed by atoms with E-state index in [1.54, 1.807) is 0 Å². The molecular weight excluding hydrogens is 310 g/mol. The summed E-state index contributed by atoms with van der Waals surface area (Å²) in [7, 11) is -1.01. The summed E-state index contributed by atoms with van der Waals surface area (Å²) in [4.78, 5) is 0.840. The molecule has 18 heavy (non-hydrogen) atoms. The van der Waals surface area contributed by atoms with E-state index in [1.807, 2.05) is 48.5 Å². The number of benzene rings is 2. The average molecular weight is 324 g/mol.